The molecule has 1 aromatic heterocycles. The van der Waals surface area contributed by atoms with Crippen LogP contribution in [0.1, 0.15) is 51.8 Å². The smallest absolute Gasteiger partial charge is 0.278 e. The Balaban J connectivity index is 1.75. The predicted molar refractivity (Wildman–Crippen MR) is 113 cm³/mol. The average Bonchev–Trinajstić information content (AvgIpc) is 3.18. The fraction of sp³-hybridized carbons (Fsp3) is 0.292. The van der Waals surface area contributed by atoms with Gasteiger partial charge in [-0.1, -0.05) is 41.5 Å². The molecule has 0 radical (unpaired) electrons. The minimum atomic E-state index is -0.468. The van der Waals surface area contributed by atoms with Gasteiger partial charge < -0.3 is 4.90 Å². The highest BCUT2D eigenvalue weighted by molar-refractivity contribution is 5.92. The van der Waals surface area contributed by atoms with Gasteiger partial charge in [-0.3, -0.25) is 9.59 Å². The van der Waals surface area contributed by atoms with Crippen LogP contribution in [0.3, 0.4) is 0 Å². The molecule has 1 atom stereocenters. The van der Waals surface area contributed by atoms with Gasteiger partial charge in [0.15, 0.2) is 5.69 Å². The van der Waals surface area contributed by atoms with Gasteiger partial charge in [0, 0.05) is 18.3 Å². The molecule has 154 valence electrons. The number of hydrogen-bond acceptors (Lipinski definition) is 3. The van der Waals surface area contributed by atoms with Crippen molar-refractivity contribution in [3.8, 4) is 5.69 Å². The van der Waals surface area contributed by atoms with Gasteiger partial charge in [0.05, 0.1) is 6.04 Å². The SMILES string of the molecule is Cc1cc(C)cc(C2CCCN2C(=O)c2nn(-c3ccccc3F)c(C)cc2=O)c1. The standard InChI is InChI=1S/C24H24FN3O2/c1-15-11-16(2)13-18(12-15)20-9-6-10-27(20)24(30)23-22(29)14-17(3)28(26-23)21-8-5-4-7-19(21)25/h4-5,7-8,11-14,20H,6,9-10H2,1-3H3. The van der Waals surface area contributed by atoms with E-state index in [2.05, 4.69) is 23.3 Å². The maximum atomic E-state index is 14.3. The van der Waals surface area contributed by atoms with E-state index in [0.29, 0.717) is 12.2 Å². The van der Waals surface area contributed by atoms with Crippen molar-refractivity contribution in [1.29, 1.82) is 0 Å². The maximum absolute atomic E-state index is 14.3. The van der Waals surface area contributed by atoms with E-state index in [1.165, 1.54) is 16.8 Å². The van der Waals surface area contributed by atoms with Crippen molar-refractivity contribution in [2.75, 3.05) is 6.54 Å². The van der Waals surface area contributed by atoms with Crippen molar-refractivity contribution < 1.29 is 9.18 Å². The number of nitrogens with zero attached hydrogens (tertiary/aromatic N) is 3. The Kier molecular flexibility index (Phi) is 5.24. The molecule has 5 nitrogen and oxygen atoms in total. The number of rotatable bonds is 3. The van der Waals surface area contributed by atoms with Gasteiger partial charge in [-0.2, -0.15) is 5.10 Å². The Morgan fingerprint density at radius 3 is 2.47 bits per heavy atom. The van der Waals surface area contributed by atoms with Crippen LogP contribution in [0.15, 0.2) is 53.3 Å². The third kappa shape index (κ3) is 3.65. The van der Waals surface area contributed by atoms with Gasteiger partial charge in [0.1, 0.15) is 11.5 Å². The second-order valence-corrected chi connectivity index (χ2v) is 7.94. The number of para-hydroxylation sites is 1. The van der Waals surface area contributed by atoms with Crippen molar-refractivity contribution in [2.45, 2.75) is 39.7 Å². The number of likely N-dealkylation sites (tertiary alicyclic amines) is 1. The molecule has 1 amide bonds. The van der Waals surface area contributed by atoms with Gasteiger partial charge in [0.25, 0.3) is 5.91 Å². The molecule has 3 aromatic rings. The quantitative estimate of drug-likeness (QED) is 0.654. The molecule has 1 saturated heterocycles. The zero-order valence-electron chi connectivity index (χ0n) is 17.4. The zero-order chi connectivity index (χ0) is 21.4. The summed E-state index contributed by atoms with van der Waals surface area (Å²) >= 11 is 0. The Morgan fingerprint density at radius 1 is 1.07 bits per heavy atom. The molecule has 0 spiro atoms. The van der Waals surface area contributed by atoms with Crippen LogP contribution in [0, 0.1) is 26.6 Å². The normalized spacial score (nSPS) is 16.1. The summed E-state index contributed by atoms with van der Waals surface area (Å²) in [5.74, 6) is -0.879. The highest BCUT2D eigenvalue weighted by Crippen LogP contribution is 2.33. The van der Waals surface area contributed by atoms with Gasteiger partial charge >= 0.3 is 0 Å². The molecule has 30 heavy (non-hydrogen) atoms. The lowest BCUT2D eigenvalue weighted by Gasteiger charge is -2.25. The molecule has 0 bridgehead atoms. The van der Waals surface area contributed by atoms with Crippen LogP contribution < -0.4 is 5.43 Å². The Hall–Kier alpha value is -3.28. The Bertz CT molecular complexity index is 1170. The molecule has 1 aliphatic heterocycles. The number of aryl methyl sites for hydroxylation is 3. The van der Waals surface area contributed by atoms with Crippen LogP contribution in [0.4, 0.5) is 4.39 Å². The molecule has 4 rings (SSSR count). The van der Waals surface area contributed by atoms with E-state index < -0.39 is 17.2 Å². The minimum absolute atomic E-state index is 0.0967. The molecular formula is C24H24FN3O2. The van der Waals surface area contributed by atoms with Crippen molar-refractivity contribution in [3.05, 3.63) is 92.6 Å². The van der Waals surface area contributed by atoms with E-state index >= 15 is 0 Å². The largest absolute Gasteiger partial charge is 0.330 e. The summed E-state index contributed by atoms with van der Waals surface area (Å²) in [5, 5.41) is 4.28. The summed E-state index contributed by atoms with van der Waals surface area (Å²) < 4.78 is 15.6. The summed E-state index contributed by atoms with van der Waals surface area (Å²) in [6.45, 7) is 6.30. The van der Waals surface area contributed by atoms with E-state index in [1.54, 1.807) is 30.0 Å². The first-order chi connectivity index (χ1) is 14.3. The van der Waals surface area contributed by atoms with E-state index in [-0.39, 0.29) is 17.4 Å². The van der Waals surface area contributed by atoms with Crippen LogP contribution in [0.5, 0.6) is 0 Å². The Morgan fingerprint density at radius 2 is 1.77 bits per heavy atom. The first-order valence-corrected chi connectivity index (χ1v) is 10.1. The van der Waals surface area contributed by atoms with Gasteiger partial charge in [-0.15, -0.1) is 0 Å². The fourth-order valence-corrected chi connectivity index (χ4v) is 4.26. The number of carbonyl (C=O) groups is 1. The van der Waals surface area contributed by atoms with Crippen LogP contribution in [0.25, 0.3) is 5.69 Å². The van der Waals surface area contributed by atoms with Crippen molar-refractivity contribution in [3.63, 3.8) is 0 Å². The van der Waals surface area contributed by atoms with Crippen LogP contribution in [0.2, 0.25) is 0 Å². The lowest BCUT2D eigenvalue weighted by atomic mass is 9.99. The van der Waals surface area contributed by atoms with Crippen molar-refractivity contribution in [2.24, 2.45) is 0 Å². The molecule has 1 unspecified atom stereocenters. The maximum Gasteiger partial charge on any atom is 0.278 e. The lowest BCUT2D eigenvalue weighted by molar-refractivity contribution is 0.0726. The number of amides is 1. The first-order valence-electron chi connectivity index (χ1n) is 10.1. The second-order valence-electron chi connectivity index (χ2n) is 7.94. The number of carbonyl (C=O) groups excluding carboxylic acids is 1. The predicted octanol–water partition coefficient (Wildman–Crippen LogP) is 4.27. The topological polar surface area (TPSA) is 55.2 Å². The molecule has 0 N–H and O–H groups in total. The summed E-state index contributed by atoms with van der Waals surface area (Å²) in [6.07, 6.45) is 1.69. The van der Waals surface area contributed by atoms with E-state index in [4.69, 9.17) is 0 Å². The van der Waals surface area contributed by atoms with Gasteiger partial charge in [0.2, 0.25) is 5.43 Å². The minimum Gasteiger partial charge on any atom is -0.330 e. The van der Waals surface area contributed by atoms with Crippen LogP contribution in [-0.2, 0) is 0 Å². The number of halogens is 1. The molecule has 2 aromatic carbocycles. The highest BCUT2D eigenvalue weighted by Gasteiger charge is 2.33. The van der Waals surface area contributed by atoms with E-state index in [1.807, 2.05) is 13.8 Å². The number of benzene rings is 2. The average molecular weight is 405 g/mol. The van der Waals surface area contributed by atoms with Crippen molar-refractivity contribution in [1.82, 2.24) is 14.7 Å². The molecular weight excluding hydrogens is 381 g/mol. The molecule has 2 heterocycles. The monoisotopic (exact) mass is 405 g/mol. The summed E-state index contributed by atoms with van der Waals surface area (Å²) in [7, 11) is 0. The zero-order valence-corrected chi connectivity index (χ0v) is 17.4. The molecule has 1 fully saturated rings. The first kappa shape index (κ1) is 20.0. The third-order valence-corrected chi connectivity index (χ3v) is 5.53. The Labute approximate surface area is 174 Å². The molecule has 0 aliphatic carbocycles. The van der Waals surface area contributed by atoms with Gasteiger partial charge in [-0.25, -0.2) is 9.07 Å². The second kappa shape index (κ2) is 7.86. The molecule has 6 heteroatoms. The number of hydrogen-bond donors (Lipinski definition) is 0. The summed E-state index contributed by atoms with van der Waals surface area (Å²) in [6, 6.07) is 13.7. The molecule has 0 saturated carbocycles. The lowest BCUT2D eigenvalue weighted by Crippen LogP contribution is -2.36. The van der Waals surface area contributed by atoms with Crippen LogP contribution >= 0.6 is 0 Å². The summed E-state index contributed by atoms with van der Waals surface area (Å²) in [4.78, 5) is 27.7. The van der Waals surface area contributed by atoms with E-state index in [0.717, 1.165) is 29.5 Å². The van der Waals surface area contributed by atoms with E-state index in [9.17, 15) is 14.0 Å². The molecule has 1 aliphatic rings. The summed E-state index contributed by atoms with van der Waals surface area (Å²) in [5.41, 5.74) is 3.39. The third-order valence-electron chi connectivity index (χ3n) is 5.53. The number of aromatic nitrogens is 2. The van der Waals surface area contributed by atoms with Crippen LogP contribution in [-0.4, -0.2) is 27.1 Å². The fourth-order valence-electron chi connectivity index (χ4n) is 4.26. The highest BCUT2D eigenvalue weighted by atomic mass is 19.1. The van der Waals surface area contributed by atoms with Crippen molar-refractivity contribution >= 4 is 5.91 Å². The van der Waals surface area contributed by atoms with Gasteiger partial charge in [-0.05, 0) is 51.3 Å².